The van der Waals surface area contributed by atoms with Crippen LogP contribution in [0.5, 0.6) is 0 Å². The molecule has 11 heteroatoms. The Morgan fingerprint density at radius 2 is 1.82 bits per heavy atom. The van der Waals surface area contributed by atoms with Crippen molar-refractivity contribution in [3.8, 4) is 0 Å². The number of amides is 2. The lowest BCUT2D eigenvalue weighted by Gasteiger charge is -2.32. The minimum absolute atomic E-state index is 0.0430. The van der Waals surface area contributed by atoms with Crippen LogP contribution in [0.3, 0.4) is 0 Å². The minimum Gasteiger partial charge on any atom is -0.354 e. The van der Waals surface area contributed by atoms with Crippen molar-refractivity contribution in [2.45, 2.75) is 49.5 Å². The van der Waals surface area contributed by atoms with Gasteiger partial charge < -0.3 is 15.5 Å². The fourth-order valence-corrected chi connectivity index (χ4v) is 4.35. The van der Waals surface area contributed by atoms with Gasteiger partial charge in [-0.3, -0.25) is 9.59 Å². The van der Waals surface area contributed by atoms with Gasteiger partial charge in [0.15, 0.2) is 5.82 Å². The second-order valence-corrected chi connectivity index (χ2v) is 9.55. The molecule has 2 amide bonds. The number of rotatable bonds is 8. The first kappa shape index (κ1) is 24.3. The Morgan fingerprint density at radius 1 is 1.06 bits per heavy atom. The lowest BCUT2D eigenvalue weighted by Crippen LogP contribution is -2.44. The molecular formula is C23H26F3N5O2S. The summed E-state index contributed by atoms with van der Waals surface area (Å²) in [6.07, 6.45) is -0.451. The van der Waals surface area contributed by atoms with Gasteiger partial charge in [0, 0.05) is 25.7 Å². The van der Waals surface area contributed by atoms with Gasteiger partial charge in [0.05, 0.1) is 17.2 Å². The van der Waals surface area contributed by atoms with E-state index in [1.165, 1.54) is 23.9 Å². The predicted molar refractivity (Wildman–Crippen MR) is 122 cm³/mol. The standard InChI is InChI=1S/C23H26F3N5O2S/c24-23(25,26)17-5-3-15(4-6-17)12-27-20(32)14-34-21-10-9-19(29-30-21)31-11-1-2-16(13-31)22(33)28-18-7-8-18/h3-6,9-10,16,18H,1-2,7-8,11-14H2,(H,27,32)(H,28,33). The molecule has 0 spiro atoms. The van der Waals surface area contributed by atoms with Crippen molar-refractivity contribution >= 4 is 29.4 Å². The fraction of sp³-hybridized carbons (Fsp3) is 0.478. The van der Waals surface area contributed by atoms with Crippen LogP contribution in [0.25, 0.3) is 0 Å². The van der Waals surface area contributed by atoms with E-state index in [1.54, 1.807) is 6.07 Å². The molecule has 1 saturated heterocycles. The monoisotopic (exact) mass is 493 g/mol. The Hall–Kier alpha value is -2.82. The van der Waals surface area contributed by atoms with E-state index >= 15 is 0 Å². The van der Waals surface area contributed by atoms with Crippen LogP contribution in [-0.4, -0.2) is 46.9 Å². The molecule has 2 fully saturated rings. The maximum atomic E-state index is 12.6. The number of aromatic nitrogens is 2. The molecule has 1 unspecified atom stereocenters. The zero-order chi connectivity index (χ0) is 24.1. The van der Waals surface area contributed by atoms with Crippen molar-refractivity contribution in [3.63, 3.8) is 0 Å². The van der Waals surface area contributed by atoms with Crippen LogP contribution in [0.2, 0.25) is 0 Å². The van der Waals surface area contributed by atoms with Gasteiger partial charge >= 0.3 is 6.18 Å². The van der Waals surface area contributed by atoms with Crippen molar-refractivity contribution < 1.29 is 22.8 Å². The Kier molecular flexibility index (Phi) is 7.60. The van der Waals surface area contributed by atoms with Gasteiger partial charge in [-0.1, -0.05) is 23.9 Å². The molecule has 2 aliphatic rings. The lowest BCUT2D eigenvalue weighted by atomic mass is 9.97. The van der Waals surface area contributed by atoms with Crippen LogP contribution in [-0.2, 0) is 22.3 Å². The van der Waals surface area contributed by atoms with Crippen LogP contribution in [0.1, 0.15) is 36.8 Å². The SMILES string of the molecule is O=C(CSc1ccc(N2CCCC(C(=O)NC3CC3)C2)nn1)NCc1ccc(C(F)(F)F)cc1. The zero-order valence-electron chi connectivity index (χ0n) is 18.5. The first-order valence-corrected chi connectivity index (χ1v) is 12.2. The zero-order valence-corrected chi connectivity index (χ0v) is 19.3. The highest BCUT2D eigenvalue weighted by Crippen LogP contribution is 2.29. The van der Waals surface area contributed by atoms with E-state index in [1.807, 2.05) is 6.07 Å². The number of halogens is 3. The third-order valence-electron chi connectivity index (χ3n) is 5.79. The normalized spacial score (nSPS) is 18.4. The molecule has 2 N–H and O–H groups in total. The lowest BCUT2D eigenvalue weighted by molar-refractivity contribution is -0.137. The molecule has 2 heterocycles. The van der Waals surface area contributed by atoms with Gasteiger partial charge in [0.2, 0.25) is 11.8 Å². The number of carbonyl (C=O) groups is 2. The van der Waals surface area contributed by atoms with E-state index in [2.05, 4.69) is 25.7 Å². The van der Waals surface area contributed by atoms with Gasteiger partial charge in [0.25, 0.3) is 0 Å². The van der Waals surface area contributed by atoms with Crippen LogP contribution < -0.4 is 15.5 Å². The second kappa shape index (κ2) is 10.6. The average molecular weight is 494 g/mol. The Balaban J connectivity index is 1.21. The van der Waals surface area contributed by atoms with Gasteiger partial charge in [-0.15, -0.1) is 10.2 Å². The highest BCUT2D eigenvalue weighted by molar-refractivity contribution is 7.99. The Bertz CT molecular complexity index is 997. The van der Waals surface area contributed by atoms with Crippen LogP contribution in [0.15, 0.2) is 41.4 Å². The molecule has 1 aromatic carbocycles. The first-order chi connectivity index (χ1) is 16.3. The summed E-state index contributed by atoms with van der Waals surface area (Å²) in [6, 6.07) is 8.68. The number of anilines is 1. The Labute approximate surface area is 199 Å². The molecule has 1 aromatic heterocycles. The van der Waals surface area contributed by atoms with Crippen molar-refractivity contribution in [2.75, 3.05) is 23.7 Å². The quantitative estimate of drug-likeness (QED) is 0.549. The van der Waals surface area contributed by atoms with Crippen molar-refractivity contribution in [2.24, 2.45) is 5.92 Å². The van der Waals surface area contributed by atoms with Crippen LogP contribution in [0, 0.1) is 5.92 Å². The van der Waals surface area contributed by atoms with Crippen LogP contribution >= 0.6 is 11.8 Å². The molecule has 1 aliphatic carbocycles. The highest BCUT2D eigenvalue weighted by Gasteiger charge is 2.31. The molecule has 7 nitrogen and oxygen atoms in total. The van der Waals surface area contributed by atoms with Crippen molar-refractivity contribution in [1.29, 1.82) is 0 Å². The molecule has 34 heavy (non-hydrogen) atoms. The summed E-state index contributed by atoms with van der Waals surface area (Å²) in [7, 11) is 0. The second-order valence-electron chi connectivity index (χ2n) is 8.56. The highest BCUT2D eigenvalue weighted by atomic mass is 32.2. The number of carbonyl (C=O) groups excluding carboxylic acids is 2. The van der Waals surface area contributed by atoms with E-state index in [9.17, 15) is 22.8 Å². The van der Waals surface area contributed by atoms with Crippen molar-refractivity contribution in [1.82, 2.24) is 20.8 Å². The van der Waals surface area contributed by atoms with Gasteiger partial charge in [0.1, 0.15) is 5.03 Å². The molecule has 2 aromatic rings. The van der Waals surface area contributed by atoms with E-state index < -0.39 is 11.7 Å². The molecule has 1 saturated carbocycles. The number of nitrogens with zero attached hydrogens (tertiary/aromatic N) is 3. The minimum atomic E-state index is -4.38. The number of hydrogen-bond donors (Lipinski definition) is 2. The van der Waals surface area contributed by atoms with Gasteiger partial charge in [-0.05, 0) is 55.5 Å². The number of hydrogen-bond acceptors (Lipinski definition) is 6. The summed E-state index contributed by atoms with van der Waals surface area (Å²) < 4.78 is 37.8. The predicted octanol–water partition coefficient (Wildman–Crippen LogP) is 3.40. The molecule has 1 aliphatic heterocycles. The summed E-state index contributed by atoms with van der Waals surface area (Å²) in [5, 5.41) is 14.8. The van der Waals surface area contributed by atoms with E-state index in [0.29, 0.717) is 29.0 Å². The van der Waals surface area contributed by atoms with Gasteiger partial charge in [-0.2, -0.15) is 13.2 Å². The number of nitrogens with one attached hydrogen (secondary N) is 2. The topological polar surface area (TPSA) is 87.2 Å². The smallest absolute Gasteiger partial charge is 0.354 e. The van der Waals surface area contributed by atoms with E-state index in [-0.39, 0.29) is 30.0 Å². The van der Waals surface area contributed by atoms with Crippen molar-refractivity contribution in [3.05, 3.63) is 47.5 Å². The number of benzene rings is 1. The maximum absolute atomic E-state index is 12.6. The molecule has 182 valence electrons. The van der Waals surface area contributed by atoms with Crippen LogP contribution in [0.4, 0.5) is 19.0 Å². The number of piperidine rings is 1. The van der Waals surface area contributed by atoms with E-state index in [0.717, 1.165) is 44.4 Å². The molecular weight excluding hydrogens is 467 g/mol. The number of alkyl halides is 3. The molecule has 4 rings (SSSR count). The molecule has 1 atom stereocenters. The summed E-state index contributed by atoms with van der Waals surface area (Å²) in [6.45, 7) is 1.58. The fourth-order valence-electron chi connectivity index (χ4n) is 3.71. The maximum Gasteiger partial charge on any atom is 0.416 e. The van der Waals surface area contributed by atoms with E-state index in [4.69, 9.17) is 0 Å². The molecule has 0 bridgehead atoms. The Morgan fingerprint density at radius 3 is 2.47 bits per heavy atom. The third-order valence-corrected chi connectivity index (χ3v) is 6.71. The van der Waals surface area contributed by atoms with Gasteiger partial charge in [-0.25, -0.2) is 0 Å². The summed E-state index contributed by atoms with van der Waals surface area (Å²) >= 11 is 1.23. The largest absolute Gasteiger partial charge is 0.416 e. The summed E-state index contributed by atoms with van der Waals surface area (Å²) in [5.74, 6) is 0.645. The average Bonchev–Trinajstić information content (AvgIpc) is 3.65. The summed E-state index contributed by atoms with van der Waals surface area (Å²) in [5.41, 5.74) is -0.136. The third kappa shape index (κ3) is 6.85. The number of thioether (sulfide) groups is 1. The first-order valence-electron chi connectivity index (χ1n) is 11.2. The molecule has 0 radical (unpaired) electrons. The summed E-state index contributed by atoms with van der Waals surface area (Å²) in [4.78, 5) is 26.5.